The van der Waals surface area contributed by atoms with E-state index in [9.17, 15) is 22.0 Å². The number of benzene rings is 2. The molecule has 0 atom stereocenters. The van der Waals surface area contributed by atoms with Crippen molar-refractivity contribution in [3.63, 3.8) is 0 Å². The number of hydrogen-bond acceptors (Lipinski definition) is 6. The maximum absolute atomic E-state index is 14.0. The van der Waals surface area contributed by atoms with Gasteiger partial charge in [-0.05, 0) is 24.3 Å². The summed E-state index contributed by atoms with van der Waals surface area (Å²) in [7, 11) is 1.33. The lowest BCUT2D eigenvalue weighted by Gasteiger charge is -2.14. The number of ether oxygens (including phenoxy) is 2. The molecule has 0 aliphatic carbocycles. The Labute approximate surface area is 155 Å². The standard InChI is InChI=1S/C17H9F5N4O2/c1-27-11-2-3-15(14(6-11)26-25-10(7-23)8-24)28-16-12(18)4-9(5-13(16)19)17(20,21)22/h2-6,26H,1H3. The first-order chi connectivity index (χ1) is 13.2. The SMILES string of the molecule is COc1ccc(Oc2c(F)cc(C(F)(F)F)cc2F)c(NN=C(C#N)C#N)c1. The number of rotatable bonds is 5. The molecule has 0 unspecified atom stereocenters. The van der Waals surface area contributed by atoms with Crippen LogP contribution in [0.4, 0.5) is 27.6 Å². The Balaban J connectivity index is 2.45. The third-order valence-electron chi connectivity index (χ3n) is 3.22. The van der Waals surface area contributed by atoms with Crippen LogP contribution in [0.25, 0.3) is 0 Å². The normalized spacial score (nSPS) is 10.4. The summed E-state index contributed by atoms with van der Waals surface area (Å²) in [6, 6.07) is 6.98. The van der Waals surface area contributed by atoms with Crippen molar-refractivity contribution in [2.75, 3.05) is 12.5 Å². The van der Waals surface area contributed by atoms with Crippen LogP contribution in [-0.2, 0) is 6.18 Å². The number of nitrogens with one attached hydrogen (secondary N) is 1. The number of methoxy groups -OCH3 is 1. The molecule has 0 radical (unpaired) electrons. The molecule has 2 aromatic carbocycles. The van der Waals surface area contributed by atoms with E-state index < -0.39 is 34.8 Å². The van der Waals surface area contributed by atoms with Gasteiger partial charge in [0, 0.05) is 6.07 Å². The maximum Gasteiger partial charge on any atom is 0.416 e. The van der Waals surface area contributed by atoms with Gasteiger partial charge in [-0.2, -0.15) is 28.8 Å². The zero-order valence-corrected chi connectivity index (χ0v) is 13.9. The molecule has 11 heteroatoms. The van der Waals surface area contributed by atoms with Crippen LogP contribution in [0.3, 0.4) is 0 Å². The van der Waals surface area contributed by atoms with E-state index in [4.69, 9.17) is 20.0 Å². The predicted octanol–water partition coefficient (Wildman–Crippen LogP) is 4.60. The monoisotopic (exact) mass is 396 g/mol. The molecule has 0 heterocycles. The Morgan fingerprint density at radius 1 is 1.07 bits per heavy atom. The fourth-order valence-corrected chi connectivity index (χ4v) is 1.93. The molecular weight excluding hydrogens is 387 g/mol. The molecule has 0 saturated carbocycles. The van der Waals surface area contributed by atoms with Crippen molar-refractivity contribution < 1.29 is 31.4 Å². The molecule has 0 amide bonds. The van der Waals surface area contributed by atoms with E-state index in [0.29, 0.717) is 0 Å². The van der Waals surface area contributed by atoms with Crippen molar-refractivity contribution in [2.24, 2.45) is 5.10 Å². The molecular formula is C17H9F5N4O2. The van der Waals surface area contributed by atoms with Gasteiger partial charge in [-0.15, -0.1) is 0 Å². The van der Waals surface area contributed by atoms with Crippen LogP contribution < -0.4 is 14.9 Å². The zero-order chi connectivity index (χ0) is 20.9. The molecule has 0 saturated heterocycles. The molecule has 28 heavy (non-hydrogen) atoms. The van der Waals surface area contributed by atoms with Crippen LogP contribution in [0.5, 0.6) is 17.2 Å². The Kier molecular flexibility index (Phi) is 6.01. The highest BCUT2D eigenvalue weighted by Crippen LogP contribution is 2.38. The summed E-state index contributed by atoms with van der Waals surface area (Å²) in [5, 5.41) is 20.8. The first-order valence-electron chi connectivity index (χ1n) is 7.25. The number of anilines is 1. The molecule has 2 aromatic rings. The first-order valence-corrected chi connectivity index (χ1v) is 7.25. The highest BCUT2D eigenvalue weighted by molar-refractivity contribution is 6.10. The lowest BCUT2D eigenvalue weighted by atomic mass is 10.2. The van der Waals surface area contributed by atoms with E-state index in [2.05, 4.69) is 10.5 Å². The first kappa shape index (κ1) is 20.5. The molecule has 0 aromatic heterocycles. The fourth-order valence-electron chi connectivity index (χ4n) is 1.93. The van der Waals surface area contributed by atoms with E-state index in [0.717, 1.165) is 0 Å². The molecule has 1 N–H and O–H groups in total. The van der Waals surface area contributed by atoms with Gasteiger partial charge >= 0.3 is 6.18 Å². The van der Waals surface area contributed by atoms with Gasteiger partial charge in [-0.1, -0.05) is 0 Å². The van der Waals surface area contributed by atoms with E-state index >= 15 is 0 Å². The largest absolute Gasteiger partial charge is 0.497 e. The van der Waals surface area contributed by atoms with Crippen LogP contribution >= 0.6 is 0 Å². The molecule has 6 nitrogen and oxygen atoms in total. The highest BCUT2D eigenvalue weighted by Gasteiger charge is 2.33. The van der Waals surface area contributed by atoms with Gasteiger partial charge in [0.05, 0.1) is 12.7 Å². The minimum Gasteiger partial charge on any atom is -0.497 e. The minimum atomic E-state index is -4.94. The number of alkyl halides is 3. The summed E-state index contributed by atoms with van der Waals surface area (Å²) in [6.07, 6.45) is -4.94. The molecule has 2 rings (SSSR count). The van der Waals surface area contributed by atoms with Crippen molar-refractivity contribution in [2.45, 2.75) is 6.18 Å². The number of nitriles is 2. The van der Waals surface area contributed by atoms with Gasteiger partial charge in [-0.3, -0.25) is 5.43 Å². The Morgan fingerprint density at radius 3 is 2.18 bits per heavy atom. The third-order valence-corrected chi connectivity index (χ3v) is 3.22. The van der Waals surface area contributed by atoms with Gasteiger partial charge in [0.15, 0.2) is 23.1 Å². The number of nitrogens with zero attached hydrogens (tertiary/aromatic N) is 3. The minimum absolute atomic E-state index is 0.0685. The maximum atomic E-state index is 14.0. The van der Waals surface area contributed by atoms with Gasteiger partial charge in [0.2, 0.25) is 5.71 Å². The van der Waals surface area contributed by atoms with Crippen molar-refractivity contribution in [3.05, 3.63) is 47.5 Å². The lowest BCUT2D eigenvalue weighted by Crippen LogP contribution is -2.07. The average Bonchev–Trinajstić information content (AvgIpc) is 2.65. The molecule has 0 aliphatic rings. The Bertz CT molecular complexity index is 967. The van der Waals surface area contributed by atoms with Crippen molar-refractivity contribution in [3.8, 4) is 29.4 Å². The summed E-state index contributed by atoms with van der Waals surface area (Å²) >= 11 is 0. The van der Waals surface area contributed by atoms with Gasteiger partial charge in [0.1, 0.15) is 23.6 Å². The quantitative estimate of drug-likeness (QED) is 0.453. The van der Waals surface area contributed by atoms with Crippen molar-refractivity contribution >= 4 is 11.4 Å². The second kappa shape index (κ2) is 8.22. The van der Waals surface area contributed by atoms with Crippen LogP contribution in [0.15, 0.2) is 35.4 Å². The van der Waals surface area contributed by atoms with E-state index in [1.165, 1.54) is 37.4 Å². The summed E-state index contributed by atoms with van der Waals surface area (Å²) in [4.78, 5) is 0. The molecule has 0 fully saturated rings. The Morgan fingerprint density at radius 2 is 1.68 bits per heavy atom. The zero-order valence-electron chi connectivity index (χ0n) is 13.9. The summed E-state index contributed by atoms with van der Waals surface area (Å²) in [5.41, 5.74) is 0.161. The third kappa shape index (κ3) is 4.65. The number of hydrogen-bond donors (Lipinski definition) is 1. The van der Waals surface area contributed by atoms with Crippen molar-refractivity contribution in [1.82, 2.24) is 0 Å². The second-order valence-electron chi connectivity index (χ2n) is 5.03. The topological polar surface area (TPSA) is 90.4 Å². The summed E-state index contributed by atoms with van der Waals surface area (Å²) in [5.74, 6) is -4.23. The summed E-state index contributed by atoms with van der Waals surface area (Å²) in [6.45, 7) is 0. The fraction of sp³-hybridized carbons (Fsp3) is 0.118. The Hall–Kier alpha value is -3.86. The number of halogens is 5. The van der Waals surface area contributed by atoms with Gasteiger partial charge in [0.25, 0.3) is 0 Å². The smallest absolute Gasteiger partial charge is 0.416 e. The lowest BCUT2D eigenvalue weighted by molar-refractivity contribution is -0.138. The highest BCUT2D eigenvalue weighted by atomic mass is 19.4. The van der Waals surface area contributed by atoms with E-state index in [-0.39, 0.29) is 29.3 Å². The van der Waals surface area contributed by atoms with Crippen LogP contribution in [0.1, 0.15) is 5.56 Å². The van der Waals surface area contributed by atoms with Crippen molar-refractivity contribution in [1.29, 1.82) is 10.5 Å². The molecule has 144 valence electrons. The van der Waals surface area contributed by atoms with Crippen LogP contribution in [-0.4, -0.2) is 12.8 Å². The molecule has 0 aliphatic heterocycles. The van der Waals surface area contributed by atoms with E-state index in [1.807, 2.05) is 0 Å². The van der Waals surface area contributed by atoms with Crippen LogP contribution in [0.2, 0.25) is 0 Å². The second-order valence-corrected chi connectivity index (χ2v) is 5.03. The average molecular weight is 396 g/mol. The van der Waals surface area contributed by atoms with E-state index in [1.54, 1.807) is 0 Å². The van der Waals surface area contributed by atoms with Gasteiger partial charge < -0.3 is 9.47 Å². The van der Waals surface area contributed by atoms with Crippen LogP contribution in [0, 0.1) is 34.3 Å². The molecule has 0 bridgehead atoms. The predicted molar refractivity (Wildman–Crippen MR) is 86.7 cm³/mol. The number of hydrazone groups is 1. The summed E-state index contributed by atoms with van der Waals surface area (Å²) < 4.78 is 75.9. The van der Waals surface area contributed by atoms with Gasteiger partial charge in [-0.25, -0.2) is 8.78 Å². The molecule has 0 spiro atoms.